The van der Waals surface area contributed by atoms with Gasteiger partial charge in [-0.15, -0.1) is 0 Å². The van der Waals surface area contributed by atoms with Crippen molar-refractivity contribution in [3.8, 4) is 0 Å². The second-order valence-electron chi connectivity index (χ2n) is 4.47. The highest BCUT2D eigenvalue weighted by Gasteiger charge is 2.49. The second kappa shape index (κ2) is 8.35. The van der Waals surface area contributed by atoms with Crippen LogP contribution in [0.5, 0.6) is 0 Å². The van der Waals surface area contributed by atoms with Crippen LogP contribution in [0.4, 0.5) is 17.6 Å². The second-order valence-corrected chi connectivity index (χ2v) is 4.47. The van der Waals surface area contributed by atoms with Crippen LogP contribution in [-0.4, -0.2) is 48.8 Å². The maximum absolute atomic E-state index is 12.7. The molecule has 0 saturated carbocycles. The molecule has 19 heavy (non-hydrogen) atoms. The molecule has 0 aliphatic carbocycles. The summed E-state index contributed by atoms with van der Waals surface area (Å²) in [5.74, 6) is -6.52. The molecule has 1 amide bonds. The fraction of sp³-hybridized carbons (Fsp3) is 0.917. The summed E-state index contributed by atoms with van der Waals surface area (Å²) in [4.78, 5) is 13.1. The maximum Gasteiger partial charge on any atom is 0.383 e. The Morgan fingerprint density at radius 1 is 1.26 bits per heavy atom. The van der Waals surface area contributed by atoms with Gasteiger partial charge in [0.2, 0.25) is 0 Å². The van der Waals surface area contributed by atoms with E-state index in [1.54, 1.807) is 0 Å². The van der Waals surface area contributed by atoms with Crippen LogP contribution < -0.4 is 5.32 Å². The molecule has 1 unspecified atom stereocenters. The number of halogens is 4. The zero-order valence-corrected chi connectivity index (χ0v) is 11.6. The topological polar surface area (TPSA) is 32.3 Å². The third-order valence-corrected chi connectivity index (χ3v) is 2.96. The number of carbonyl (C=O) groups is 1. The zero-order valence-electron chi connectivity index (χ0n) is 11.6. The molecule has 0 aliphatic rings. The molecule has 1 atom stereocenters. The first-order valence-corrected chi connectivity index (χ1v) is 6.44. The van der Waals surface area contributed by atoms with E-state index in [2.05, 4.69) is 4.90 Å². The number of amides is 1. The average molecular weight is 286 g/mol. The first-order valence-electron chi connectivity index (χ1n) is 6.44. The van der Waals surface area contributed by atoms with Gasteiger partial charge in [0.25, 0.3) is 5.91 Å². The average Bonchev–Trinajstić information content (AvgIpc) is 2.34. The van der Waals surface area contributed by atoms with Crippen molar-refractivity contribution in [3.05, 3.63) is 0 Å². The van der Waals surface area contributed by atoms with Crippen LogP contribution in [0.25, 0.3) is 0 Å². The Morgan fingerprint density at radius 3 is 2.21 bits per heavy atom. The lowest BCUT2D eigenvalue weighted by Crippen LogP contribution is -2.48. The highest BCUT2D eigenvalue weighted by atomic mass is 19.3. The van der Waals surface area contributed by atoms with Crippen LogP contribution in [0.15, 0.2) is 0 Å². The minimum absolute atomic E-state index is 0.474. The summed E-state index contributed by atoms with van der Waals surface area (Å²) in [6, 6.07) is -0.548. The van der Waals surface area contributed by atoms with Gasteiger partial charge < -0.3 is 10.2 Å². The number of hydrogen-bond donors (Lipinski definition) is 1. The molecule has 0 spiro atoms. The summed E-state index contributed by atoms with van der Waals surface area (Å²) in [6.45, 7) is 8.12. The number of carbonyl (C=O) groups excluding carboxylic acids is 1. The van der Waals surface area contributed by atoms with E-state index in [9.17, 15) is 22.4 Å². The molecule has 3 nitrogen and oxygen atoms in total. The van der Waals surface area contributed by atoms with Crippen LogP contribution in [0.1, 0.15) is 33.6 Å². The van der Waals surface area contributed by atoms with Crippen molar-refractivity contribution >= 4 is 5.91 Å². The fourth-order valence-corrected chi connectivity index (χ4v) is 1.65. The van der Waals surface area contributed by atoms with E-state index >= 15 is 0 Å². The Bertz CT molecular complexity index is 270. The molecule has 0 heterocycles. The molecule has 0 aliphatic heterocycles. The third-order valence-electron chi connectivity index (χ3n) is 2.96. The molecular formula is C12H22F4N2O. The zero-order chi connectivity index (χ0) is 15.1. The molecule has 0 aromatic rings. The molecule has 0 rings (SSSR count). The Kier molecular flexibility index (Phi) is 7.97. The van der Waals surface area contributed by atoms with Crippen molar-refractivity contribution in [1.29, 1.82) is 0 Å². The highest BCUT2D eigenvalue weighted by molar-refractivity contribution is 5.84. The van der Waals surface area contributed by atoms with Crippen LogP contribution in [0, 0.1) is 0 Å². The van der Waals surface area contributed by atoms with Crippen molar-refractivity contribution in [1.82, 2.24) is 10.2 Å². The molecule has 0 aromatic carbocycles. The van der Waals surface area contributed by atoms with Crippen LogP contribution in [-0.2, 0) is 4.79 Å². The van der Waals surface area contributed by atoms with Crippen molar-refractivity contribution < 1.29 is 22.4 Å². The Balaban J connectivity index is 4.05. The largest absolute Gasteiger partial charge is 0.383 e. The monoisotopic (exact) mass is 286 g/mol. The molecule has 1 N–H and O–H groups in total. The van der Waals surface area contributed by atoms with Crippen LogP contribution in [0.2, 0.25) is 0 Å². The standard InChI is InChI=1S/C12H22F4N2O/c1-4-18(5-2)8-6-7-9(3)17-11(19)12(15,16)10(13)14/h9-10H,4-8H2,1-3H3,(H,17,19). The van der Waals surface area contributed by atoms with E-state index in [4.69, 9.17) is 0 Å². The van der Waals surface area contributed by atoms with E-state index in [0.717, 1.165) is 19.6 Å². The van der Waals surface area contributed by atoms with Gasteiger partial charge in [-0.3, -0.25) is 4.79 Å². The van der Waals surface area contributed by atoms with Crippen LogP contribution >= 0.6 is 0 Å². The van der Waals surface area contributed by atoms with Crippen molar-refractivity contribution in [3.63, 3.8) is 0 Å². The lowest BCUT2D eigenvalue weighted by Gasteiger charge is -2.21. The van der Waals surface area contributed by atoms with Gasteiger partial charge in [-0.1, -0.05) is 13.8 Å². The molecule has 0 fully saturated rings. The highest BCUT2D eigenvalue weighted by Crippen LogP contribution is 2.23. The lowest BCUT2D eigenvalue weighted by molar-refractivity contribution is -0.170. The Labute approximate surface area is 111 Å². The van der Waals surface area contributed by atoms with E-state index in [0.29, 0.717) is 12.8 Å². The van der Waals surface area contributed by atoms with Crippen molar-refractivity contribution in [2.75, 3.05) is 19.6 Å². The number of hydrogen-bond acceptors (Lipinski definition) is 2. The molecule has 7 heteroatoms. The third kappa shape index (κ3) is 6.22. The van der Waals surface area contributed by atoms with Gasteiger partial charge in [-0.2, -0.15) is 8.78 Å². The molecule has 0 aromatic heterocycles. The summed E-state index contributed by atoms with van der Waals surface area (Å²) in [7, 11) is 0. The lowest BCUT2D eigenvalue weighted by atomic mass is 10.1. The van der Waals surface area contributed by atoms with Gasteiger partial charge in [0.05, 0.1) is 0 Å². The van der Waals surface area contributed by atoms with Crippen LogP contribution in [0.3, 0.4) is 0 Å². The maximum atomic E-state index is 12.7. The summed E-state index contributed by atoms with van der Waals surface area (Å²) >= 11 is 0. The molecule has 0 radical (unpaired) electrons. The van der Waals surface area contributed by atoms with Gasteiger partial charge >= 0.3 is 12.3 Å². The van der Waals surface area contributed by atoms with E-state index in [-0.39, 0.29) is 0 Å². The van der Waals surface area contributed by atoms with Crippen molar-refractivity contribution in [2.45, 2.75) is 52.0 Å². The van der Waals surface area contributed by atoms with Gasteiger partial charge in [-0.25, -0.2) is 8.78 Å². The van der Waals surface area contributed by atoms with E-state index in [1.165, 1.54) is 6.92 Å². The quantitative estimate of drug-likeness (QED) is 0.661. The number of rotatable bonds is 9. The summed E-state index contributed by atoms with van der Waals surface area (Å²) < 4.78 is 49.3. The summed E-state index contributed by atoms with van der Waals surface area (Å²) in [5, 5.41) is 1.92. The molecule has 0 saturated heterocycles. The summed E-state index contributed by atoms with van der Waals surface area (Å²) in [6.07, 6.45) is -2.79. The Hall–Kier alpha value is -0.850. The predicted octanol–water partition coefficient (Wildman–Crippen LogP) is 2.51. The van der Waals surface area contributed by atoms with E-state index < -0.39 is 24.3 Å². The predicted molar refractivity (Wildman–Crippen MR) is 65.6 cm³/mol. The first-order chi connectivity index (χ1) is 8.75. The normalized spacial score (nSPS) is 13.9. The van der Waals surface area contributed by atoms with Gasteiger partial charge in [0, 0.05) is 6.04 Å². The van der Waals surface area contributed by atoms with Gasteiger partial charge in [-0.05, 0) is 39.4 Å². The van der Waals surface area contributed by atoms with Gasteiger partial charge in [0.15, 0.2) is 0 Å². The number of nitrogens with zero attached hydrogens (tertiary/aromatic N) is 1. The van der Waals surface area contributed by atoms with E-state index in [1.807, 2.05) is 19.2 Å². The van der Waals surface area contributed by atoms with Crippen molar-refractivity contribution in [2.24, 2.45) is 0 Å². The fourth-order valence-electron chi connectivity index (χ4n) is 1.65. The first kappa shape index (κ1) is 18.1. The molecule has 0 bridgehead atoms. The number of alkyl halides is 4. The smallest absolute Gasteiger partial charge is 0.348 e. The molecular weight excluding hydrogens is 264 g/mol. The minimum atomic E-state index is -4.62. The number of nitrogens with one attached hydrogen (secondary N) is 1. The SMILES string of the molecule is CCN(CC)CCCC(C)NC(=O)C(F)(F)C(F)F. The molecule has 114 valence electrons. The Morgan fingerprint density at radius 2 is 1.79 bits per heavy atom. The minimum Gasteiger partial charge on any atom is -0.348 e. The summed E-state index contributed by atoms with van der Waals surface area (Å²) in [5.41, 5.74) is 0. The van der Waals surface area contributed by atoms with Gasteiger partial charge in [0.1, 0.15) is 0 Å².